The predicted molar refractivity (Wildman–Crippen MR) is 35.3 cm³/mol. The number of carboxylic acid groups (broad SMARTS) is 1. The summed E-state index contributed by atoms with van der Waals surface area (Å²) in [5.74, 6) is -2.43. The zero-order chi connectivity index (χ0) is 10.8. The van der Waals surface area contributed by atoms with Crippen LogP contribution in [-0.4, -0.2) is 17.3 Å². The summed E-state index contributed by atoms with van der Waals surface area (Å²) >= 11 is 0. The van der Waals surface area contributed by atoms with Crippen molar-refractivity contribution >= 4 is 5.97 Å². The van der Waals surface area contributed by atoms with Gasteiger partial charge in [0.2, 0.25) is 5.88 Å². The highest BCUT2D eigenvalue weighted by atomic mass is 19.4. The summed E-state index contributed by atoms with van der Waals surface area (Å²) in [5.41, 5.74) is -0.431. The van der Waals surface area contributed by atoms with Gasteiger partial charge < -0.3 is 14.6 Å². The average molecular weight is 206 g/mol. The number of hydrogen-bond donors (Lipinski definition) is 0. The number of ether oxygens (including phenoxy) is 1. The Morgan fingerprint density at radius 1 is 1.50 bits per heavy atom. The number of pyridine rings is 1. The van der Waals surface area contributed by atoms with Crippen molar-refractivity contribution in [3.8, 4) is 5.88 Å². The number of aromatic carboxylic acids is 1. The van der Waals surface area contributed by atoms with E-state index < -0.39 is 23.8 Å². The molecular formula is C7H3F3NO3-. The van der Waals surface area contributed by atoms with Crippen LogP contribution in [0.1, 0.15) is 10.4 Å². The van der Waals surface area contributed by atoms with E-state index in [-0.39, 0.29) is 0 Å². The van der Waals surface area contributed by atoms with Gasteiger partial charge in [-0.05, 0) is 6.07 Å². The second kappa shape index (κ2) is 3.52. The normalized spacial score (nSPS) is 11.1. The molecule has 0 saturated carbocycles. The minimum absolute atomic E-state index is 0.431. The molecule has 4 nitrogen and oxygen atoms in total. The Bertz CT molecular complexity index is 350. The van der Waals surface area contributed by atoms with Crippen LogP contribution in [0.4, 0.5) is 13.2 Å². The van der Waals surface area contributed by atoms with Gasteiger partial charge in [0.05, 0.1) is 5.97 Å². The molecule has 0 aliphatic heterocycles. The Hall–Kier alpha value is -1.79. The number of nitrogens with zero attached hydrogens (tertiary/aromatic N) is 1. The van der Waals surface area contributed by atoms with Gasteiger partial charge in [-0.3, -0.25) is 0 Å². The van der Waals surface area contributed by atoms with E-state index in [0.29, 0.717) is 6.07 Å². The van der Waals surface area contributed by atoms with Crippen molar-refractivity contribution in [2.24, 2.45) is 0 Å². The van der Waals surface area contributed by atoms with Crippen LogP contribution in [-0.2, 0) is 0 Å². The quantitative estimate of drug-likeness (QED) is 0.700. The topological polar surface area (TPSA) is 62.2 Å². The monoisotopic (exact) mass is 206 g/mol. The first-order valence-corrected chi connectivity index (χ1v) is 3.31. The number of carbonyl (C=O) groups excluding carboxylic acids is 1. The number of carbonyl (C=O) groups is 1. The molecule has 0 aliphatic rings. The summed E-state index contributed by atoms with van der Waals surface area (Å²) < 4.78 is 38.3. The summed E-state index contributed by atoms with van der Waals surface area (Å²) in [4.78, 5) is 13.4. The van der Waals surface area contributed by atoms with Gasteiger partial charge >= 0.3 is 6.36 Å². The number of aromatic nitrogens is 1. The van der Waals surface area contributed by atoms with E-state index >= 15 is 0 Å². The van der Waals surface area contributed by atoms with Crippen molar-refractivity contribution < 1.29 is 27.8 Å². The maximum atomic E-state index is 11.6. The van der Waals surface area contributed by atoms with Gasteiger partial charge in [0.25, 0.3) is 0 Å². The van der Waals surface area contributed by atoms with Gasteiger partial charge in [-0.15, -0.1) is 13.2 Å². The van der Waals surface area contributed by atoms with Crippen molar-refractivity contribution in [2.45, 2.75) is 6.36 Å². The Balaban J connectivity index is 2.89. The Kier molecular flexibility index (Phi) is 2.59. The van der Waals surface area contributed by atoms with Crippen LogP contribution in [0.15, 0.2) is 18.3 Å². The van der Waals surface area contributed by atoms with E-state index in [4.69, 9.17) is 0 Å². The standard InChI is InChI=1S/C7H4F3NO3/c8-7(9,10)14-5-3-4(6(12)13)1-2-11-5/h1-3H,(H,12,13)/p-1. The molecule has 1 aromatic rings. The molecule has 0 bridgehead atoms. The van der Waals surface area contributed by atoms with E-state index in [1.54, 1.807) is 0 Å². The molecule has 0 saturated heterocycles. The molecule has 0 radical (unpaired) electrons. The largest absolute Gasteiger partial charge is 0.574 e. The third kappa shape index (κ3) is 2.92. The lowest BCUT2D eigenvalue weighted by Gasteiger charge is -2.08. The SMILES string of the molecule is O=C([O-])c1ccnc(OC(F)(F)F)c1. The molecule has 76 valence electrons. The number of halogens is 3. The van der Waals surface area contributed by atoms with Crippen LogP contribution in [0, 0.1) is 0 Å². The van der Waals surface area contributed by atoms with Gasteiger partial charge in [0.1, 0.15) is 0 Å². The summed E-state index contributed by atoms with van der Waals surface area (Å²) in [5, 5.41) is 10.2. The van der Waals surface area contributed by atoms with Gasteiger partial charge in [-0.2, -0.15) is 0 Å². The highest BCUT2D eigenvalue weighted by Crippen LogP contribution is 2.20. The van der Waals surface area contributed by atoms with Crippen LogP contribution < -0.4 is 9.84 Å². The van der Waals surface area contributed by atoms with Gasteiger partial charge in [0.15, 0.2) is 0 Å². The number of alkyl halides is 3. The Morgan fingerprint density at radius 2 is 2.14 bits per heavy atom. The fourth-order valence-electron chi connectivity index (χ4n) is 0.711. The fraction of sp³-hybridized carbons (Fsp3) is 0.143. The van der Waals surface area contributed by atoms with Crippen molar-refractivity contribution in [1.82, 2.24) is 4.98 Å². The third-order valence-electron chi connectivity index (χ3n) is 1.19. The lowest BCUT2D eigenvalue weighted by molar-refractivity contribution is -0.276. The molecule has 7 heteroatoms. The first kappa shape index (κ1) is 10.3. The summed E-state index contributed by atoms with van der Waals surface area (Å²) in [7, 11) is 0. The van der Waals surface area contributed by atoms with Crippen LogP contribution in [0.2, 0.25) is 0 Å². The van der Waals surface area contributed by atoms with E-state index in [9.17, 15) is 23.1 Å². The average Bonchev–Trinajstić information content (AvgIpc) is 2.01. The highest BCUT2D eigenvalue weighted by Gasteiger charge is 2.31. The molecule has 0 fully saturated rings. The maximum Gasteiger partial charge on any atom is 0.574 e. The van der Waals surface area contributed by atoms with Gasteiger partial charge in [-0.1, -0.05) is 0 Å². The van der Waals surface area contributed by atoms with Crippen molar-refractivity contribution in [3.05, 3.63) is 23.9 Å². The minimum atomic E-state index is -4.89. The third-order valence-corrected chi connectivity index (χ3v) is 1.19. The van der Waals surface area contributed by atoms with Crippen molar-refractivity contribution in [2.75, 3.05) is 0 Å². The first-order valence-electron chi connectivity index (χ1n) is 3.31. The van der Waals surface area contributed by atoms with Crippen LogP contribution in [0.5, 0.6) is 5.88 Å². The maximum absolute atomic E-state index is 11.6. The molecule has 1 aromatic heterocycles. The lowest BCUT2D eigenvalue weighted by atomic mass is 10.3. The molecule has 0 N–H and O–H groups in total. The summed E-state index contributed by atoms with van der Waals surface area (Å²) in [6.07, 6.45) is -4.01. The molecule has 0 atom stereocenters. The zero-order valence-electron chi connectivity index (χ0n) is 6.54. The predicted octanol–water partition coefficient (Wildman–Crippen LogP) is 0.344. The first-order chi connectivity index (χ1) is 6.38. The number of carboxylic acids is 1. The highest BCUT2D eigenvalue weighted by molar-refractivity contribution is 5.85. The van der Waals surface area contributed by atoms with Crippen LogP contribution in [0.25, 0.3) is 0 Å². The van der Waals surface area contributed by atoms with Crippen LogP contribution in [0.3, 0.4) is 0 Å². The molecule has 0 spiro atoms. The minimum Gasteiger partial charge on any atom is -0.545 e. The second-order valence-electron chi connectivity index (χ2n) is 2.22. The number of rotatable bonds is 2. The molecule has 1 rings (SSSR count). The van der Waals surface area contributed by atoms with Crippen LogP contribution >= 0.6 is 0 Å². The molecule has 1 heterocycles. The van der Waals surface area contributed by atoms with E-state index in [1.807, 2.05) is 0 Å². The molecule has 14 heavy (non-hydrogen) atoms. The molecule has 0 aromatic carbocycles. The zero-order valence-corrected chi connectivity index (χ0v) is 6.54. The second-order valence-corrected chi connectivity index (χ2v) is 2.22. The molecule has 0 amide bonds. The Morgan fingerprint density at radius 3 is 2.64 bits per heavy atom. The number of hydrogen-bond acceptors (Lipinski definition) is 4. The smallest absolute Gasteiger partial charge is 0.545 e. The lowest BCUT2D eigenvalue weighted by Crippen LogP contribution is -2.23. The van der Waals surface area contributed by atoms with Gasteiger partial charge in [-0.25, -0.2) is 4.98 Å². The van der Waals surface area contributed by atoms with E-state index in [0.717, 1.165) is 12.3 Å². The molecule has 0 unspecified atom stereocenters. The fourth-order valence-corrected chi connectivity index (χ4v) is 0.711. The summed E-state index contributed by atoms with van der Waals surface area (Å²) in [6, 6.07) is 1.63. The Labute approximate surface area is 75.9 Å². The summed E-state index contributed by atoms with van der Waals surface area (Å²) in [6.45, 7) is 0. The van der Waals surface area contributed by atoms with Gasteiger partial charge in [0, 0.05) is 17.8 Å². The van der Waals surface area contributed by atoms with E-state index in [1.165, 1.54) is 0 Å². The molecule has 0 aliphatic carbocycles. The van der Waals surface area contributed by atoms with Crippen molar-refractivity contribution in [3.63, 3.8) is 0 Å². The van der Waals surface area contributed by atoms with E-state index in [2.05, 4.69) is 9.72 Å². The van der Waals surface area contributed by atoms with Crippen molar-refractivity contribution in [1.29, 1.82) is 0 Å². The molecular weight excluding hydrogens is 203 g/mol.